The monoisotopic (exact) mass is 217 g/mol. The van der Waals surface area contributed by atoms with Crippen LogP contribution in [-0.4, -0.2) is 17.8 Å². The minimum absolute atomic E-state index is 0.213. The van der Waals surface area contributed by atoms with Crippen molar-refractivity contribution in [2.75, 3.05) is 0 Å². The minimum atomic E-state index is -3.08. The first-order valence-electron chi connectivity index (χ1n) is 3.73. The van der Waals surface area contributed by atoms with Gasteiger partial charge in [-0.25, -0.2) is 0 Å². The molecule has 0 saturated heterocycles. The Labute approximate surface area is 82.4 Å². The second-order valence-corrected chi connectivity index (χ2v) is 2.48. The van der Waals surface area contributed by atoms with E-state index in [9.17, 15) is 23.7 Å². The fourth-order valence-corrected chi connectivity index (χ4v) is 0.945. The Morgan fingerprint density at radius 2 is 2.13 bits per heavy atom. The lowest BCUT2D eigenvalue weighted by Gasteiger charge is -2.05. The Balaban J connectivity index is 3.09. The average molecular weight is 217 g/mol. The number of benzene rings is 1. The van der Waals surface area contributed by atoms with Crippen LogP contribution in [0.3, 0.4) is 0 Å². The summed E-state index contributed by atoms with van der Waals surface area (Å²) in [5.74, 6) is -0.384. The molecular formula is C8H5F2NO4. The minimum Gasteiger partial charge on any atom is -0.434 e. The summed E-state index contributed by atoms with van der Waals surface area (Å²) in [5.41, 5.74) is -0.650. The van der Waals surface area contributed by atoms with Gasteiger partial charge in [-0.3, -0.25) is 14.9 Å². The lowest BCUT2D eigenvalue weighted by molar-refractivity contribution is -0.384. The van der Waals surface area contributed by atoms with Crippen LogP contribution in [0.25, 0.3) is 0 Å². The standard InChI is InChI=1S/C8H5F2NO4/c9-8(10)15-7-2-1-6(11(13)14)3-5(7)4-12/h1-4,8H. The number of halogens is 2. The molecule has 0 aromatic heterocycles. The summed E-state index contributed by atoms with van der Waals surface area (Å²) < 4.78 is 27.6. The molecule has 1 aromatic carbocycles. The Bertz CT molecular complexity index is 394. The second kappa shape index (κ2) is 4.45. The van der Waals surface area contributed by atoms with E-state index in [1.807, 2.05) is 0 Å². The normalized spacial score (nSPS) is 10.1. The number of hydrogen-bond donors (Lipinski definition) is 0. The van der Waals surface area contributed by atoms with Crippen LogP contribution >= 0.6 is 0 Å². The number of carbonyl (C=O) groups excluding carboxylic acids is 1. The van der Waals surface area contributed by atoms with E-state index in [0.29, 0.717) is 0 Å². The van der Waals surface area contributed by atoms with Crippen LogP contribution < -0.4 is 4.74 Å². The van der Waals surface area contributed by atoms with Gasteiger partial charge in [-0.05, 0) is 6.07 Å². The van der Waals surface area contributed by atoms with Crippen LogP contribution in [0.2, 0.25) is 0 Å². The highest BCUT2D eigenvalue weighted by Crippen LogP contribution is 2.23. The van der Waals surface area contributed by atoms with Gasteiger partial charge in [-0.2, -0.15) is 8.78 Å². The molecular weight excluding hydrogens is 212 g/mol. The fraction of sp³-hybridized carbons (Fsp3) is 0.125. The number of hydrogen-bond acceptors (Lipinski definition) is 4. The zero-order valence-electron chi connectivity index (χ0n) is 7.22. The third-order valence-corrected chi connectivity index (χ3v) is 1.55. The van der Waals surface area contributed by atoms with Crippen molar-refractivity contribution >= 4 is 12.0 Å². The molecule has 0 bridgehead atoms. The van der Waals surface area contributed by atoms with Gasteiger partial charge >= 0.3 is 6.61 Å². The molecule has 0 radical (unpaired) electrons. The summed E-state index contributed by atoms with van der Waals surface area (Å²) >= 11 is 0. The molecule has 80 valence electrons. The predicted octanol–water partition coefficient (Wildman–Crippen LogP) is 2.01. The third kappa shape index (κ3) is 2.70. The number of ether oxygens (including phenoxy) is 1. The first-order valence-corrected chi connectivity index (χ1v) is 3.73. The number of nitro groups is 1. The van der Waals surface area contributed by atoms with Gasteiger partial charge in [-0.1, -0.05) is 0 Å². The first kappa shape index (κ1) is 11.0. The van der Waals surface area contributed by atoms with Gasteiger partial charge < -0.3 is 4.74 Å². The zero-order chi connectivity index (χ0) is 11.4. The molecule has 0 aliphatic carbocycles. The van der Waals surface area contributed by atoms with Crippen molar-refractivity contribution in [2.24, 2.45) is 0 Å². The van der Waals surface area contributed by atoms with E-state index < -0.39 is 11.5 Å². The second-order valence-electron chi connectivity index (χ2n) is 2.48. The van der Waals surface area contributed by atoms with Crippen LogP contribution in [0.1, 0.15) is 10.4 Å². The van der Waals surface area contributed by atoms with E-state index in [4.69, 9.17) is 0 Å². The SMILES string of the molecule is O=Cc1cc([N+](=O)[O-])ccc1OC(F)F. The first-order chi connectivity index (χ1) is 7.04. The summed E-state index contributed by atoms with van der Waals surface area (Å²) in [4.78, 5) is 20.0. The van der Waals surface area contributed by atoms with Crippen molar-refractivity contribution in [3.05, 3.63) is 33.9 Å². The highest BCUT2D eigenvalue weighted by molar-refractivity contribution is 5.80. The summed E-state index contributed by atoms with van der Waals surface area (Å²) in [6.07, 6.45) is 0.213. The van der Waals surface area contributed by atoms with Crippen molar-refractivity contribution in [3.8, 4) is 5.75 Å². The van der Waals surface area contributed by atoms with E-state index in [1.54, 1.807) is 0 Å². The quantitative estimate of drug-likeness (QED) is 0.439. The van der Waals surface area contributed by atoms with Crippen molar-refractivity contribution in [1.82, 2.24) is 0 Å². The Hall–Kier alpha value is -2.05. The van der Waals surface area contributed by atoms with Crippen LogP contribution in [-0.2, 0) is 0 Å². The molecule has 0 atom stereocenters. The van der Waals surface area contributed by atoms with Crippen molar-refractivity contribution < 1.29 is 23.2 Å². The molecule has 5 nitrogen and oxygen atoms in total. The number of carbonyl (C=O) groups is 1. The average Bonchev–Trinajstić information content (AvgIpc) is 2.17. The van der Waals surface area contributed by atoms with Gasteiger partial charge in [0.2, 0.25) is 0 Å². The number of non-ortho nitro benzene ring substituents is 1. The molecule has 0 saturated carbocycles. The molecule has 1 rings (SSSR count). The number of alkyl halides is 2. The molecule has 0 spiro atoms. The number of nitrogens with zero attached hydrogens (tertiary/aromatic N) is 1. The van der Waals surface area contributed by atoms with E-state index in [2.05, 4.69) is 4.74 Å². The van der Waals surface area contributed by atoms with Gasteiger partial charge in [-0.15, -0.1) is 0 Å². The maximum atomic E-state index is 11.8. The molecule has 7 heteroatoms. The van der Waals surface area contributed by atoms with Crippen molar-refractivity contribution in [2.45, 2.75) is 6.61 Å². The maximum Gasteiger partial charge on any atom is 0.387 e. The molecule has 0 unspecified atom stereocenters. The molecule has 15 heavy (non-hydrogen) atoms. The van der Waals surface area contributed by atoms with E-state index in [-0.39, 0.29) is 23.3 Å². The Kier molecular flexibility index (Phi) is 3.27. The van der Waals surface area contributed by atoms with Gasteiger partial charge in [0, 0.05) is 12.1 Å². The van der Waals surface area contributed by atoms with Crippen LogP contribution in [0.5, 0.6) is 5.75 Å². The summed E-state index contributed by atoms with van der Waals surface area (Å²) in [7, 11) is 0. The van der Waals surface area contributed by atoms with Gasteiger partial charge in [0.25, 0.3) is 5.69 Å². The van der Waals surface area contributed by atoms with Crippen molar-refractivity contribution in [1.29, 1.82) is 0 Å². The third-order valence-electron chi connectivity index (χ3n) is 1.55. The van der Waals surface area contributed by atoms with Gasteiger partial charge in [0.1, 0.15) is 5.75 Å². The molecule has 1 aromatic rings. The summed E-state index contributed by atoms with van der Waals surface area (Å²) in [6.45, 7) is -3.08. The molecule has 0 aliphatic heterocycles. The lowest BCUT2D eigenvalue weighted by Crippen LogP contribution is -2.04. The maximum absolute atomic E-state index is 11.8. The Morgan fingerprint density at radius 1 is 1.47 bits per heavy atom. The molecule has 0 fully saturated rings. The largest absolute Gasteiger partial charge is 0.434 e. The predicted molar refractivity (Wildman–Crippen MR) is 45.1 cm³/mol. The summed E-state index contributed by atoms with van der Waals surface area (Å²) in [6, 6.07) is 2.80. The fourth-order valence-electron chi connectivity index (χ4n) is 0.945. The van der Waals surface area contributed by atoms with Gasteiger partial charge in [0.05, 0.1) is 10.5 Å². The van der Waals surface area contributed by atoms with E-state index in [0.717, 1.165) is 18.2 Å². The molecule has 0 aliphatic rings. The lowest BCUT2D eigenvalue weighted by atomic mass is 10.2. The van der Waals surface area contributed by atoms with Crippen LogP contribution in [0, 0.1) is 10.1 Å². The number of nitro benzene ring substituents is 1. The number of aldehydes is 1. The number of rotatable bonds is 4. The smallest absolute Gasteiger partial charge is 0.387 e. The van der Waals surface area contributed by atoms with Crippen LogP contribution in [0.4, 0.5) is 14.5 Å². The molecule has 0 heterocycles. The van der Waals surface area contributed by atoms with Crippen LogP contribution in [0.15, 0.2) is 18.2 Å². The highest BCUT2D eigenvalue weighted by atomic mass is 19.3. The summed E-state index contributed by atoms with van der Waals surface area (Å²) in [5, 5.41) is 10.3. The van der Waals surface area contributed by atoms with Crippen molar-refractivity contribution in [3.63, 3.8) is 0 Å². The van der Waals surface area contributed by atoms with E-state index >= 15 is 0 Å². The zero-order valence-corrected chi connectivity index (χ0v) is 7.22. The molecule has 0 amide bonds. The molecule has 0 N–H and O–H groups in total. The van der Waals surface area contributed by atoms with E-state index in [1.165, 1.54) is 0 Å². The topological polar surface area (TPSA) is 69.4 Å². The highest BCUT2D eigenvalue weighted by Gasteiger charge is 2.13. The van der Waals surface area contributed by atoms with Gasteiger partial charge in [0.15, 0.2) is 6.29 Å². The Morgan fingerprint density at radius 3 is 2.60 bits per heavy atom.